The van der Waals surface area contributed by atoms with Crippen molar-refractivity contribution in [3.05, 3.63) is 64.6 Å². The predicted octanol–water partition coefficient (Wildman–Crippen LogP) is 5.03. The largest absolute Gasteiger partial charge is 0.494 e. The Kier molecular flexibility index (Phi) is 5.01. The Hall–Kier alpha value is -2.84. The first-order chi connectivity index (χ1) is 12.1. The summed E-state index contributed by atoms with van der Waals surface area (Å²) in [6.07, 6.45) is 0. The lowest BCUT2D eigenvalue weighted by Gasteiger charge is -2.12. The second-order valence-corrected chi connectivity index (χ2v) is 6.22. The molecule has 0 amide bonds. The third kappa shape index (κ3) is 3.49. The van der Waals surface area contributed by atoms with Crippen LogP contribution < -0.4 is 10.5 Å². The molecule has 0 saturated carbocycles. The fourth-order valence-electron chi connectivity index (χ4n) is 2.61. The van der Waals surface area contributed by atoms with E-state index in [0.29, 0.717) is 17.9 Å². The van der Waals surface area contributed by atoms with Crippen LogP contribution in [0.25, 0.3) is 22.4 Å². The lowest BCUT2D eigenvalue weighted by molar-refractivity contribution is 0.340. The molecule has 124 valence electrons. The number of nitrogen functional groups attached to an aromatic ring is 1. The van der Waals surface area contributed by atoms with E-state index < -0.39 is 0 Å². The maximum atomic E-state index is 9.51. The van der Waals surface area contributed by atoms with Crippen LogP contribution in [0.5, 0.6) is 5.75 Å². The maximum Gasteiger partial charge on any atom is 0.142 e. The Morgan fingerprint density at radius 3 is 2.48 bits per heavy atom. The molecule has 3 aromatic rings. The number of nitrogens with two attached hydrogens (primary N) is 1. The lowest BCUT2D eigenvalue weighted by Crippen LogP contribution is -2.00. The number of nitriles is 1. The van der Waals surface area contributed by atoms with Gasteiger partial charge in [0.2, 0.25) is 0 Å². The second-order valence-electron chi connectivity index (χ2n) is 5.36. The summed E-state index contributed by atoms with van der Waals surface area (Å²) in [5.41, 5.74) is 9.72. The number of hydrogen-bond acceptors (Lipinski definition) is 4. The monoisotopic (exact) mass is 393 g/mol. The van der Waals surface area contributed by atoms with Crippen molar-refractivity contribution < 1.29 is 4.74 Å². The zero-order valence-corrected chi connectivity index (χ0v) is 15.2. The normalized spacial score (nSPS) is 10.3. The van der Waals surface area contributed by atoms with Crippen LogP contribution in [0.1, 0.15) is 12.5 Å². The number of nitrogens with zero attached hydrogens (tertiary/aromatic N) is 2. The molecule has 0 spiro atoms. The molecule has 25 heavy (non-hydrogen) atoms. The highest BCUT2D eigenvalue weighted by molar-refractivity contribution is 9.10. The lowest BCUT2D eigenvalue weighted by atomic mass is 9.98. The van der Waals surface area contributed by atoms with Gasteiger partial charge in [0.1, 0.15) is 23.2 Å². The van der Waals surface area contributed by atoms with E-state index in [4.69, 9.17) is 10.5 Å². The standard InChI is InChI=1S/C20H16BrN3O/c1-2-25-14-9-7-13(8-10-14)16-11-19(24-20(23)17(16)12-22)15-5-3-4-6-18(15)21/h3-11H,2H2,1H3,(H2,23,24). The fraction of sp³-hybridized carbons (Fsp3) is 0.100. The zero-order valence-electron chi connectivity index (χ0n) is 13.7. The van der Waals surface area contributed by atoms with Gasteiger partial charge in [-0.1, -0.05) is 46.3 Å². The molecule has 0 atom stereocenters. The first-order valence-electron chi connectivity index (χ1n) is 7.82. The average Bonchev–Trinajstić information content (AvgIpc) is 2.62. The smallest absolute Gasteiger partial charge is 0.142 e. The highest BCUT2D eigenvalue weighted by Crippen LogP contribution is 2.34. The van der Waals surface area contributed by atoms with E-state index in [9.17, 15) is 5.26 Å². The van der Waals surface area contributed by atoms with Gasteiger partial charge in [0.15, 0.2) is 0 Å². The topological polar surface area (TPSA) is 71.9 Å². The number of hydrogen-bond donors (Lipinski definition) is 1. The van der Waals surface area contributed by atoms with Crippen LogP contribution in [0.15, 0.2) is 59.1 Å². The number of rotatable bonds is 4. The van der Waals surface area contributed by atoms with Crippen LogP contribution >= 0.6 is 15.9 Å². The predicted molar refractivity (Wildman–Crippen MR) is 103 cm³/mol. The number of benzene rings is 2. The summed E-state index contributed by atoms with van der Waals surface area (Å²) in [6, 6.07) is 19.4. The van der Waals surface area contributed by atoms with Crippen molar-refractivity contribution in [2.45, 2.75) is 6.92 Å². The molecule has 3 rings (SSSR count). The Morgan fingerprint density at radius 1 is 1.12 bits per heavy atom. The van der Waals surface area contributed by atoms with Gasteiger partial charge in [0.25, 0.3) is 0 Å². The molecule has 1 heterocycles. The Balaban J connectivity index is 2.15. The van der Waals surface area contributed by atoms with Gasteiger partial charge in [-0.2, -0.15) is 5.26 Å². The summed E-state index contributed by atoms with van der Waals surface area (Å²) in [7, 11) is 0. The van der Waals surface area contributed by atoms with Crippen molar-refractivity contribution in [1.82, 2.24) is 4.98 Å². The summed E-state index contributed by atoms with van der Waals surface area (Å²) >= 11 is 3.54. The van der Waals surface area contributed by atoms with Crippen LogP contribution in [0.3, 0.4) is 0 Å². The van der Waals surface area contributed by atoms with Crippen LogP contribution in [-0.4, -0.2) is 11.6 Å². The van der Waals surface area contributed by atoms with E-state index in [1.807, 2.05) is 61.5 Å². The molecule has 0 aliphatic rings. The van der Waals surface area contributed by atoms with Gasteiger partial charge in [-0.15, -0.1) is 0 Å². The molecule has 0 radical (unpaired) electrons. The van der Waals surface area contributed by atoms with Gasteiger partial charge in [-0.05, 0) is 36.8 Å². The van der Waals surface area contributed by atoms with E-state index in [2.05, 4.69) is 27.0 Å². The zero-order chi connectivity index (χ0) is 17.8. The Labute approximate surface area is 155 Å². The van der Waals surface area contributed by atoms with Gasteiger partial charge < -0.3 is 10.5 Å². The molecule has 0 bridgehead atoms. The highest BCUT2D eigenvalue weighted by Gasteiger charge is 2.14. The van der Waals surface area contributed by atoms with E-state index in [1.165, 1.54) is 0 Å². The molecular formula is C20H16BrN3O. The number of aromatic nitrogens is 1. The Bertz CT molecular complexity index is 946. The molecule has 0 aliphatic carbocycles. The molecular weight excluding hydrogens is 378 g/mol. The first-order valence-corrected chi connectivity index (χ1v) is 8.62. The summed E-state index contributed by atoms with van der Waals surface area (Å²) < 4.78 is 6.40. The average molecular weight is 394 g/mol. The van der Waals surface area contributed by atoms with Crippen molar-refractivity contribution in [3.63, 3.8) is 0 Å². The summed E-state index contributed by atoms with van der Waals surface area (Å²) in [6.45, 7) is 2.55. The van der Waals surface area contributed by atoms with Gasteiger partial charge in [0, 0.05) is 15.6 Å². The third-order valence-electron chi connectivity index (χ3n) is 3.79. The number of pyridine rings is 1. The van der Waals surface area contributed by atoms with Gasteiger partial charge in [-0.25, -0.2) is 4.98 Å². The van der Waals surface area contributed by atoms with E-state index in [1.54, 1.807) is 0 Å². The SMILES string of the molecule is CCOc1ccc(-c2cc(-c3ccccc3Br)nc(N)c2C#N)cc1. The van der Waals surface area contributed by atoms with Gasteiger partial charge in [0.05, 0.1) is 12.3 Å². The van der Waals surface area contributed by atoms with Crippen molar-refractivity contribution >= 4 is 21.7 Å². The molecule has 5 heteroatoms. The number of ether oxygens (including phenoxy) is 1. The molecule has 0 unspecified atom stereocenters. The fourth-order valence-corrected chi connectivity index (χ4v) is 3.10. The van der Waals surface area contributed by atoms with Crippen molar-refractivity contribution in [1.29, 1.82) is 5.26 Å². The minimum absolute atomic E-state index is 0.222. The van der Waals surface area contributed by atoms with Crippen molar-refractivity contribution in [2.75, 3.05) is 12.3 Å². The molecule has 0 saturated heterocycles. The summed E-state index contributed by atoms with van der Waals surface area (Å²) in [5.74, 6) is 1.01. The van der Waals surface area contributed by atoms with Crippen molar-refractivity contribution in [2.24, 2.45) is 0 Å². The van der Waals surface area contributed by atoms with Crippen LogP contribution in [0, 0.1) is 11.3 Å². The number of anilines is 1. The minimum Gasteiger partial charge on any atom is -0.494 e. The van der Waals surface area contributed by atoms with Crippen LogP contribution in [0.2, 0.25) is 0 Å². The van der Waals surface area contributed by atoms with Crippen LogP contribution in [-0.2, 0) is 0 Å². The van der Waals surface area contributed by atoms with E-state index in [0.717, 1.165) is 26.9 Å². The quantitative estimate of drug-likeness (QED) is 0.674. The first kappa shape index (κ1) is 17.0. The highest BCUT2D eigenvalue weighted by atomic mass is 79.9. The van der Waals surface area contributed by atoms with E-state index in [-0.39, 0.29) is 5.82 Å². The molecule has 2 aromatic carbocycles. The van der Waals surface area contributed by atoms with Gasteiger partial charge >= 0.3 is 0 Å². The van der Waals surface area contributed by atoms with Crippen LogP contribution in [0.4, 0.5) is 5.82 Å². The van der Waals surface area contributed by atoms with Gasteiger partial charge in [-0.3, -0.25) is 0 Å². The Morgan fingerprint density at radius 2 is 1.84 bits per heavy atom. The summed E-state index contributed by atoms with van der Waals surface area (Å²) in [4.78, 5) is 4.41. The molecule has 0 fully saturated rings. The van der Waals surface area contributed by atoms with Crippen molar-refractivity contribution in [3.8, 4) is 34.2 Å². The summed E-state index contributed by atoms with van der Waals surface area (Å²) in [5, 5.41) is 9.51. The molecule has 2 N–H and O–H groups in total. The second kappa shape index (κ2) is 7.37. The molecule has 0 aliphatic heterocycles. The molecule has 4 nitrogen and oxygen atoms in total. The minimum atomic E-state index is 0.222. The number of halogens is 1. The van der Waals surface area contributed by atoms with E-state index >= 15 is 0 Å². The maximum absolute atomic E-state index is 9.51. The third-order valence-corrected chi connectivity index (χ3v) is 4.48. The molecule has 1 aromatic heterocycles.